The lowest BCUT2D eigenvalue weighted by molar-refractivity contribution is 0.328. The Hall–Kier alpha value is -2.09. The third kappa shape index (κ3) is 2.36. The number of terminal acetylenes is 1. The number of amidine groups is 1. The highest BCUT2D eigenvalue weighted by atomic mass is 19.2. The first kappa shape index (κ1) is 11.4. The lowest BCUT2D eigenvalue weighted by atomic mass is 10.1. The SMILES string of the molecule is C#CC(NC1=NCCO1)c1cccc(F)c1F. The van der Waals surface area contributed by atoms with E-state index in [1.807, 2.05) is 0 Å². The maximum Gasteiger partial charge on any atom is 0.286 e. The van der Waals surface area contributed by atoms with Crippen molar-refractivity contribution in [3.63, 3.8) is 0 Å². The number of benzene rings is 1. The molecule has 1 N–H and O–H groups in total. The number of nitrogens with one attached hydrogen (secondary N) is 1. The summed E-state index contributed by atoms with van der Waals surface area (Å²) in [5.74, 6) is 0.446. The molecule has 0 bridgehead atoms. The third-order valence-corrected chi connectivity index (χ3v) is 2.31. The molecule has 3 nitrogen and oxygen atoms in total. The first-order chi connectivity index (χ1) is 8.22. The van der Waals surface area contributed by atoms with E-state index in [1.54, 1.807) is 0 Å². The fraction of sp³-hybridized carbons (Fsp3) is 0.250. The molecule has 0 fully saturated rings. The molecule has 1 unspecified atom stereocenters. The number of rotatable bonds is 2. The van der Waals surface area contributed by atoms with E-state index < -0.39 is 17.7 Å². The van der Waals surface area contributed by atoms with E-state index in [0.717, 1.165) is 6.07 Å². The van der Waals surface area contributed by atoms with Gasteiger partial charge in [0.1, 0.15) is 12.6 Å². The quantitative estimate of drug-likeness (QED) is 0.791. The van der Waals surface area contributed by atoms with Gasteiger partial charge >= 0.3 is 0 Å². The van der Waals surface area contributed by atoms with E-state index in [9.17, 15) is 8.78 Å². The Balaban J connectivity index is 2.23. The number of halogens is 2. The minimum absolute atomic E-state index is 0.0608. The highest BCUT2D eigenvalue weighted by Gasteiger charge is 2.19. The van der Waals surface area contributed by atoms with Crippen molar-refractivity contribution < 1.29 is 13.5 Å². The second-order valence-corrected chi connectivity index (χ2v) is 3.42. The van der Waals surface area contributed by atoms with Gasteiger partial charge in [0.15, 0.2) is 11.6 Å². The van der Waals surface area contributed by atoms with Crippen LogP contribution in [0.15, 0.2) is 23.2 Å². The van der Waals surface area contributed by atoms with Crippen molar-refractivity contribution in [3.05, 3.63) is 35.4 Å². The molecule has 0 saturated heterocycles. The zero-order valence-electron chi connectivity index (χ0n) is 8.91. The molecule has 0 aromatic heterocycles. The molecule has 0 radical (unpaired) electrons. The van der Waals surface area contributed by atoms with Crippen molar-refractivity contribution in [1.82, 2.24) is 5.32 Å². The lowest BCUT2D eigenvalue weighted by Gasteiger charge is -2.14. The van der Waals surface area contributed by atoms with E-state index in [2.05, 4.69) is 16.2 Å². The van der Waals surface area contributed by atoms with Gasteiger partial charge in [0.2, 0.25) is 0 Å². The predicted octanol–water partition coefficient (Wildman–Crippen LogP) is 1.61. The molecular formula is C12H10F2N2O. The van der Waals surface area contributed by atoms with E-state index in [4.69, 9.17) is 11.2 Å². The first-order valence-corrected chi connectivity index (χ1v) is 5.06. The van der Waals surface area contributed by atoms with Crippen LogP contribution in [0.2, 0.25) is 0 Å². The van der Waals surface area contributed by atoms with E-state index in [1.165, 1.54) is 12.1 Å². The Kier molecular flexibility index (Phi) is 3.24. The molecular weight excluding hydrogens is 226 g/mol. The number of hydrogen-bond acceptors (Lipinski definition) is 3. The zero-order valence-corrected chi connectivity index (χ0v) is 8.91. The summed E-state index contributed by atoms with van der Waals surface area (Å²) in [5.41, 5.74) is 0.0608. The third-order valence-electron chi connectivity index (χ3n) is 2.31. The second kappa shape index (κ2) is 4.83. The maximum atomic E-state index is 13.5. The Bertz CT molecular complexity index is 494. The largest absolute Gasteiger partial charge is 0.463 e. The Labute approximate surface area is 97.5 Å². The normalized spacial score (nSPS) is 15.7. The number of hydrogen-bond donors (Lipinski definition) is 1. The Morgan fingerprint density at radius 3 is 2.94 bits per heavy atom. The fourth-order valence-corrected chi connectivity index (χ4v) is 1.50. The van der Waals surface area contributed by atoms with Crippen LogP contribution in [0.3, 0.4) is 0 Å². The van der Waals surface area contributed by atoms with Crippen LogP contribution in [-0.2, 0) is 4.74 Å². The molecule has 17 heavy (non-hydrogen) atoms. The minimum Gasteiger partial charge on any atom is -0.463 e. The van der Waals surface area contributed by atoms with Crippen LogP contribution < -0.4 is 5.32 Å². The summed E-state index contributed by atoms with van der Waals surface area (Å²) in [5, 5.41) is 2.73. The van der Waals surface area contributed by atoms with Crippen LogP contribution in [0.5, 0.6) is 0 Å². The number of aliphatic imine (C=N–C) groups is 1. The molecule has 0 spiro atoms. The van der Waals surface area contributed by atoms with Gasteiger partial charge in [-0.15, -0.1) is 6.42 Å². The van der Waals surface area contributed by atoms with Crippen molar-refractivity contribution in [2.75, 3.05) is 13.2 Å². The van der Waals surface area contributed by atoms with Gasteiger partial charge < -0.3 is 10.1 Å². The molecule has 5 heteroatoms. The van der Waals surface area contributed by atoms with Crippen LogP contribution in [0.4, 0.5) is 8.78 Å². The molecule has 88 valence electrons. The molecule has 1 aromatic rings. The van der Waals surface area contributed by atoms with Crippen LogP contribution in [0, 0.1) is 24.0 Å². The number of nitrogens with zero attached hydrogens (tertiary/aromatic N) is 1. The second-order valence-electron chi connectivity index (χ2n) is 3.42. The van der Waals surface area contributed by atoms with Gasteiger partial charge in [-0.25, -0.2) is 13.8 Å². The average Bonchev–Trinajstić information content (AvgIpc) is 2.83. The number of ether oxygens (including phenoxy) is 1. The van der Waals surface area contributed by atoms with Crippen LogP contribution in [-0.4, -0.2) is 19.2 Å². The molecule has 0 aliphatic carbocycles. The summed E-state index contributed by atoms with van der Waals surface area (Å²) in [4.78, 5) is 3.97. The van der Waals surface area contributed by atoms with Crippen molar-refractivity contribution in [2.24, 2.45) is 4.99 Å². The average molecular weight is 236 g/mol. The Morgan fingerprint density at radius 1 is 1.47 bits per heavy atom. The molecule has 0 saturated carbocycles. The summed E-state index contributed by atoms with van der Waals surface area (Å²) in [6, 6.07) is 3.32. The van der Waals surface area contributed by atoms with E-state index >= 15 is 0 Å². The Morgan fingerprint density at radius 2 is 2.29 bits per heavy atom. The van der Waals surface area contributed by atoms with Gasteiger partial charge in [-0.05, 0) is 6.07 Å². The summed E-state index contributed by atoms with van der Waals surface area (Å²) in [7, 11) is 0. The van der Waals surface area contributed by atoms with Crippen LogP contribution in [0.25, 0.3) is 0 Å². The molecule has 1 aromatic carbocycles. The minimum atomic E-state index is -0.957. The summed E-state index contributed by atoms with van der Waals surface area (Å²) < 4.78 is 31.7. The van der Waals surface area contributed by atoms with E-state index in [-0.39, 0.29) is 11.6 Å². The fourth-order valence-electron chi connectivity index (χ4n) is 1.50. The molecule has 1 aliphatic rings. The standard InChI is InChI=1S/C12H10F2N2O/c1-2-10(16-12-15-6-7-17-12)8-4-3-5-9(13)11(8)14/h1,3-5,10H,6-7H2,(H,15,16). The molecule has 1 atom stereocenters. The van der Waals surface area contributed by atoms with Gasteiger partial charge in [-0.3, -0.25) is 0 Å². The molecule has 1 aliphatic heterocycles. The monoisotopic (exact) mass is 236 g/mol. The molecule has 1 heterocycles. The zero-order chi connectivity index (χ0) is 12.3. The maximum absolute atomic E-state index is 13.5. The van der Waals surface area contributed by atoms with Crippen molar-refractivity contribution in [3.8, 4) is 12.3 Å². The van der Waals surface area contributed by atoms with Crippen LogP contribution in [0.1, 0.15) is 11.6 Å². The predicted molar refractivity (Wildman–Crippen MR) is 59.3 cm³/mol. The lowest BCUT2D eigenvalue weighted by Crippen LogP contribution is -2.28. The summed E-state index contributed by atoms with van der Waals surface area (Å²) >= 11 is 0. The van der Waals surface area contributed by atoms with E-state index in [0.29, 0.717) is 13.2 Å². The first-order valence-electron chi connectivity index (χ1n) is 5.06. The van der Waals surface area contributed by atoms with Gasteiger partial charge in [-0.2, -0.15) is 0 Å². The van der Waals surface area contributed by atoms with Gasteiger partial charge in [-0.1, -0.05) is 18.1 Å². The topological polar surface area (TPSA) is 33.6 Å². The smallest absolute Gasteiger partial charge is 0.286 e. The van der Waals surface area contributed by atoms with Crippen molar-refractivity contribution in [1.29, 1.82) is 0 Å². The van der Waals surface area contributed by atoms with Crippen molar-refractivity contribution in [2.45, 2.75) is 6.04 Å². The van der Waals surface area contributed by atoms with Gasteiger partial charge in [0.05, 0.1) is 6.54 Å². The van der Waals surface area contributed by atoms with Gasteiger partial charge in [0.25, 0.3) is 6.02 Å². The summed E-state index contributed by atoms with van der Waals surface area (Å²) in [6.07, 6.45) is 5.29. The van der Waals surface area contributed by atoms with Crippen LogP contribution >= 0.6 is 0 Å². The highest BCUT2D eigenvalue weighted by Crippen LogP contribution is 2.19. The molecule has 0 amide bonds. The van der Waals surface area contributed by atoms with Gasteiger partial charge in [0, 0.05) is 5.56 Å². The highest BCUT2D eigenvalue weighted by molar-refractivity contribution is 5.75. The summed E-state index contributed by atoms with van der Waals surface area (Å²) in [6.45, 7) is 0.997. The molecule has 2 rings (SSSR count). The van der Waals surface area contributed by atoms with Crippen molar-refractivity contribution >= 4 is 6.02 Å².